The average molecular weight is 353 g/mol. The monoisotopic (exact) mass is 353 g/mol. The molecule has 0 N–H and O–H groups in total. The summed E-state index contributed by atoms with van der Waals surface area (Å²) in [4.78, 5) is 19.3. The number of thiophene rings is 1. The van der Waals surface area contributed by atoms with Crippen molar-refractivity contribution in [1.82, 2.24) is 9.55 Å². The lowest BCUT2D eigenvalue weighted by atomic mass is 10.1. The van der Waals surface area contributed by atoms with Crippen LogP contribution in [-0.2, 0) is 6.54 Å². The smallest absolute Gasteiger partial charge is 0.261 e. The second kappa shape index (κ2) is 5.63. The molecule has 25 heavy (non-hydrogen) atoms. The molecule has 0 unspecified atom stereocenters. The molecule has 126 valence electrons. The maximum Gasteiger partial charge on any atom is 0.261 e. The molecule has 2 aromatic heterocycles. The Hall–Kier alpha value is -2.80. The van der Waals surface area contributed by atoms with E-state index in [0.717, 1.165) is 35.7 Å². The fourth-order valence-electron chi connectivity index (χ4n) is 3.21. The van der Waals surface area contributed by atoms with Crippen LogP contribution < -0.4 is 14.4 Å². The Morgan fingerprint density at radius 1 is 1.16 bits per heavy atom. The zero-order valence-electron chi connectivity index (χ0n) is 13.3. The van der Waals surface area contributed by atoms with Gasteiger partial charge in [-0.05, 0) is 36.1 Å². The van der Waals surface area contributed by atoms with Gasteiger partial charge in [0.2, 0.25) is 12.7 Å². The molecule has 5 rings (SSSR count). The molecule has 0 bridgehead atoms. The highest BCUT2D eigenvalue weighted by Crippen LogP contribution is 2.36. The van der Waals surface area contributed by atoms with E-state index in [9.17, 15) is 4.79 Å². The highest BCUT2D eigenvalue weighted by atomic mass is 32.1. The second-order valence-corrected chi connectivity index (χ2v) is 6.79. The first-order chi connectivity index (χ1) is 12.3. The number of hydrogen-bond donors (Lipinski definition) is 0. The van der Waals surface area contributed by atoms with E-state index in [0.29, 0.717) is 18.1 Å². The third-order valence-corrected chi connectivity index (χ3v) is 5.14. The first-order valence-corrected chi connectivity index (χ1v) is 9.05. The van der Waals surface area contributed by atoms with Gasteiger partial charge in [0, 0.05) is 30.2 Å². The van der Waals surface area contributed by atoms with Gasteiger partial charge in [-0.3, -0.25) is 9.69 Å². The Kier molecular flexibility index (Phi) is 3.27. The van der Waals surface area contributed by atoms with Crippen LogP contribution in [0.4, 0.5) is 5.95 Å². The van der Waals surface area contributed by atoms with E-state index in [4.69, 9.17) is 14.5 Å². The second-order valence-electron chi connectivity index (χ2n) is 6.01. The minimum Gasteiger partial charge on any atom is -0.454 e. The molecule has 7 heteroatoms. The fourth-order valence-corrected chi connectivity index (χ4v) is 3.84. The molecular weight excluding hydrogens is 338 g/mol. The molecule has 4 heterocycles. The molecule has 0 saturated heterocycles. The van der Waals surface area contributed by atoms with E-state index < -0.39 is 0 Å². The number of nitrogens with zero attached hydrogens (tertiary/aromatic N) is 3. The molecule has 1 aromatic carbocycles. The van der Waals surface area contributed by atoms with Gasteiger partial charge in [0.15, 0.2) is 11.5 Å². The van der Waals surface area contributed by atoms with E-state index >= 15 is 0 Å². The first kappa shape index (κ1) is 14.5. The topological polar surface area (TPSA) is 56.6 Å². The molecule has 2 aliphatic rings. The highest BCUT2D eigenvalue weighted by Gasteiger charge is 2.27. The van der Waals surface area contributed by atoms with Crippen LogP contribution in [0.3, 0.4) is 0 Å². The van der Waals surface area contributed by atoms with Crippen molar-refractivity contribution < 1.29 is 14.3 Å². The fraction of sp³-hybridized carbons (Fsp3) is 0.222. The third kappa shape index (κ3) is 2.39. The van der Waals surface area contributed by atoms with Crippen LogP contribution in [0.1, 0.15) is 16.8 Å². The van der Waals surface area contributed by atoms with Crippen LogP contribution in [0.5, 0.6) is 11.5 Å². The summed E-state index contributed by atoms with van der Waals surface area (Å²) < 4.78 is 12.9. The summed E-state index contributed by atoms with van der Waals surface area (Å²) in [5.74, 6) is 2.19. The largest absolute Gasteiger partial charge is 0.454 e. The van der Waals surface area contributed by atoms with Crippen molar-refractivity contribution in [2.75, 3.05) is 18.2 Å². The van der Waals surface area contributed by atoms with Gasteiger partial charge in [-0.15, -0.1) is 0 Å². The average Bonchev–Trinajstić information content (AvgIpc) is 3.39. The van der Waals surface area contributed by atoms with Gasteiger partial charge in [0.1, 0.15) is 0 Å². The van der Waals surface area contributed by atoms with Gasteiger partial charge in [0.25, 0.3) is 5.91 Å². The quantitative estimate of drug-likeness (QED) is 0.709. The molecular formula is C18H15N3O3S. The minimum atomic E-state index is 0.00466. The van der Waals surface area contributed by atoms with E-state index in [1.807, 2.05) is 45.8 Å². The summed E-state index contributed by atoms with van der Waals surface area (Å²) in [5, 5.41) is 3.80. The van der Waals surface area contributed by atoms with Gasteiger partial charge in [-0.25, -0.2) is 4.98 Å². The van der Waals surface area contributed by atoms with Crippen LogP contribution in [0.15, 0.2) is 41.2 Å². The van der Waals surface area contributed by atoms with Crippen LogP contribution in [0, 0.1) is 0 Å². The van der Waals surface area contributed by atoms with Gasteiger partial charge >= 0.3 is 0 Å². The predicted molar refractivity (Wildman–Crippen MR) is 94.4 cm³/mol. The summed E-state index contributed by atoms with van der Waals surface area (Å²) in [6, 6.07) is 7.65. The number of carbonyl (C=O) groups excluding carboxylic acids is 1. The normalized spacial score (nSPS) is 15.3. The number of ether oxygens (including phenoxy) is 2. The molecule has 2 aliphatic heterocycles. The molecule has 0 aliphatic carbocycles. The van der Waals surface area contributed by atoms with Gasteiger partial charge in [0.05, 0.1) is 11.3 Å². The number of hydrogen-bond acceptors (Lipinski definition) is 5. The Morgan fingerprint density at radius 2 is 2.08 bits per heavy atom. The van der Waals surface area contributed by atoms with Crippen molar-refractivity contribution in [3.05, 3.63) is 46.8 Å². The van der Waals surface area contributed by atoms with Crippen molar-refractivity contribution in [2.24, 2.45) is 0 Å². The minimum absolute atomic E-state index is 0.00466. The van der Waals surface area contributed by atoms with E-state index in [1.165, 1.54) is 11.3 Å². The number of aromatic nitrogens is 2. The third-order valence-electron chi connectivity index (χ3n) is 4.46. The molecule has 0 spiro atoms. The first-order valence-electron chi connectivity index (χ1n) is 8.11. The van der Waals surface area contributed by atoms with Crippen molar-refractivity contribution in [1.29, 1.82) is 0 Å². The molecule has 6 nitrogen and oxygen atoms in total. The van der Waals surface area contributed by atoms with Crippen molar-refractivity contribution >= 4 is 23.2 Å². The molecule has 0 fully saturated rings. The summed E-state index contributed by atoms with van der Waals surface area (Å²) >= 11 is 1.53. The summed E-state index contributed by atoms with van der Waals surface area (Å²) in [6.45, 7) is 1.80. The molecule has 0 saturated carbocycles. The van der Waals surface area contributed by atoms with Crippen molar-refractivity contribution in [2.45, 2.75) is 13.0 Å². The van der Waals surface area contributed by atoms with Crippen LogP contribution >= 0.6 is 11.3 Å². The molecule has 0 radical (unpaired) electrons. The summed E-state index contributed by atoms with van der Waals surface area (Å²) in [6.07, 6.45) is 2.92. The number of aryl methyl sites for hydroxylation is 1. The van der Waals surface area contributed by atoms with Crippen molar-refractivity contribution in [3.8, 4) is 22.8 Å². The Bertz CT molecular complexity index is 949. The number of rotatable bonds is 2. The number of anilines is 1. The van der Waals surface area contributed by atoms with Crippen LogP contribution in [0.25, 0.3) is 11.3 Å². The van der Waals surface area contributed by atoms with Crippen LogP contribution in [-0.4, -0.2) is 28.8 Å². The van der Waals surface area contributed by atoms with Crippen molar-refractivity contribution in [3.63, 3.8) is 0 Å². The lowest BCUT2D eigenvalue weighted by molar-refractivity contribution is 0.0981. The zero-order chi connectivity index (χ0) is 16.8. The van der Waals surface area contributed by atoms with E-state index in [-0.39, 0.29) is 12.7 Å². The SMILES string of the molecule is O=C(c1ccsc1)N1CCCn2cc(-c3ccc4c(c3)OCO4)nc21. The zero-order valence-corrected chi connectivity index (χ0v) is 14.2. The molecule has 0 atom stereocenters. The Labute approximate surface area is 148 Å². The standard InChI is InChI=1S/C18H15N3O3S/c22-17(13-4-7-25-10-13)21-6-1-5-20-9-14(19-18(20)21)12-2-3-15-16(8-12)24-11-23-15/h2-4,7-10H,1,5-6,11H2. The lowest BCUT2D eigenvalue weighted by Crippen LogP contribution is -2.37. The maximum atomic E-state index is 12.8. The van der Waals surface area contributed by atoms with E-state index in [2.05, 4.69) is 0 Å². The predicted octanol–water partition coefficient (Wildman–Crippen LogP) is 3.39. The van der Waals surface area contributed by atoms with Gasteiger partial charge < -0.3 is 14.0 Å². The molecule has 3 aromatic rings. The number of fused-ring (bicyclic) bond motifs is 2. The molecule has 1 amide bonds. The summed E-state index contributed by atoms with van der Waals surface area (Å²) in [7, 11) is 0. The maximum absolute atomic E-state index is 12.8. The number of benzene rings is 1. The van der Waals surface area contributed by atoms with Gasteiger partial charge in [-0.1, -0.05) is 0 Å². The Morgan fingerprint density at radius 3 is 2.96 bits per heavy atom. The number of amides is 1. The Balaban J connectivity index is 1.52. The highest BCUT2D eigenvalue weighted by molar-refractivity contribution is 7.08. The van der Waals surface area contributed by atoms with Gasteiger partial charge in [-0.2, -0.15) is 11.3 Å². The van der Waals surface area contributed by atoms with Crippen LogP contribution in [0.2, 0.25) is 0 Å². The number of carbonyl (C=O) groups is 1. The number of imidazole rings is 1. The summed E-state index contributed by atoms with van der Waals surface area (Å²) in [5.41, 5.74) is 2.50. The van der Waals surface area contributed by atoms with E-state index in [1.54, 1.807) is 4.90 Å². The lowest BCUT2D eigenvalue weighted by Gasteiger charge is -2.26.